The first-order chi connectivity index (χ1) is 11.3. The van der Waals surface area contributed by atoms with E-state index >= 15 is 0 Å². The molecule has 2 rings (SSSR count). The summed E-state index contributed by atoms with van der Waals surface area (Å²) >= 11 is 0. The summed E-state index contributed by atoms with van der Waals surface area (Å²) in [5.41, 5.74) is -2.28. The van der Waals surface area contributed by atoms with Crippen LogP contribution in [0.15, 0.2) is 46.6 Å². The van der Waals surface area contributed by atoms with Crippen LogP contribution in [0.1, 0.15) is 0 Å². The predicted octanol–water partition coefficient (Wildman–Crippen LogP) is 3.53. The fourth-order valence-electron chi connectivity index (χ4n) is 1.71. The van der Waals surface area contributed by atoms with E-state index in [2.05, 4.69) is 10.2 Å². The molecule has 12 heteroatoms. The highest BCUT2D eigenvalue weighted by Crippen LogP contribution is 2.35. The molecular weight excluding hydrogens is 326 g/mol. The lowest BCUT2D eigenvalue weighted by Crippen LogP contribution is -1.92. The molecular formula is C12H7N5O7. The van der Waals surface area contributed by atoms with Crippen LogP contribution in [0.2, 0.25) is 0 Å². The average Bonchev–Trinajstić information content (AvgIpc) is 2.53. The minimum absolute atomic E-state index is 0.245. The molecule has 0 unspecified atom stereocenters. The SMILES string of the molecule is O=[N+]([O-])c1ccc(N=Nc2ccc(O)cc2[N+](=O)[O-])c([N+](=O)[O-])c1. The highest BCUT2D eigenvalue weighted by atomic mass is 16.6. The zero-order chi connectivity index (χ0) is 17.9. The number of azo groups is 1. The lowest BCUT2D eigenvalue weighted by Gasteiger charge is -1.99. The summed E-state index contributed by atoms with van der Waals surface area (Å²) < 4.78 is 0. The number of hydrogen-bond donors (Lipinski definition) is 1. The van der Waals surface area contributed by atoms with Gasteiger partial charge in [-0.1, -0.05) is 0 Å². The van der Waals surface area contributed by atoms with Gasteiger partial charge in [0.25, 0.3) is 11.4 Å². The van der Waals surface area contributed by atoms with E-state index in [1.54, 1.807) is 0 Å². The third-order valence-corrected chi connectivity index (χ3v) is 2.79. The number of rotatable bonds is 5. The summed E-state index contributed by atoms with van der Waals surface area (Å²) in [6.07, 6.45) is 0. The van der Waals surface area contributed by atoms with Crippen LogP contribution < -0.4 is 0 Å². The molecule has 0 radical (unpaired) electrons. The van der Waals surface area contributed by atoms with Crippen LogP contribution in [0.25, 0.3) is 0 Å². The molecule has 0 saturated heterocycles. The lowest BCUT2D eigenvalue weighted by atomic mass is 10.2. The van der Waals surface area contributed by atoms with Crippen LogP contribution in [0.3, 0.4) is 0 Å². The number of benzene rings is 2. The summed E-state index contributed by atoms with van der Waals surface area (Å²) in [5, 5.41) is 48.8. The van der Waals surface area contributed by atoms with Crippen molar-refractivity contribution in [1.29, 1.82) is 0 Å². The largest absolute Gasteiger partial charge is 0.508 e. The first-order valence-corrected chi connectivity index (χ1v) is 6.11. The van der Waals surface area contributed by atoms with Crippen molar-refractivity contribution in [2.45, 2.75) is 0 Å². The lowest BCUT2D eigenvalue weighted by molar-refractivity contribution is -0.393. The van der Waals surface area contributed by atoms with E-state index in [4.69, 9.17) is 0 Å². The van der Waals surface area contributed by atoms with Gasteiger partial charge in [0.2, 0.25) is 0 Å². The molecule has 2 aromatic rings. The Morgan fingerprint density at radius 1 is 0.750 bits per heavy atom. The zero-order valence-corrected chi connectivity index (χ0v) is 11.6. The van der Waals surface area contributed by atoms with Crippen molar-refractivity contribution >= 4 is 28.4 Å². The minimum atomic E-state index is -0.882. The van der Waals surface area contributed by atoms with Crippen LogP contribution >= 0.6 is 0 Å². The van der Waals surface area contributed by atoms with Crippen LogP contribution in [-0.2, 0) is 0 Å². The molecule has 0 aliphatic carbocycles. The summed E-state index contributed by atoms with van der Waals surface area (Å²) in [6, 6.07) is 5.79. The molecule has 2 aromatic carbocycles. The minimum Gasteiger partial charge on any atom is -0.508 e. The first-order valence-electron chi connectivity index (χ1n) is 6.11. The molecule has 0 aromatic heterocycles. The highest BCUT2D eigenvalue weighted by molar-refractivity contribution is 5.63. The fraction of sp³-hybridized carbons (Fsp3) is 0. The summed E-state index contributed by atoms with van der Waals surface area (Å²) in [6.45, 7) is 0. The predicted molar refractivity (Wildman–Crippen MR) is 78.7 cm³/mol. The van der Waals surface area contributed by atoms with Gasteiger partial charge in [-0.15, -0.1) is 10.2 Å². The maximum Gasteiger partial charge on any atom is 0.303 e. The number of non-ortho nitro benzene ring substituents is 1. The Morgan fingerprint density at radius 2 is 1.25 bits per heavy atom. The molecule has 0 aliphatic rings. The molecule has 0 aliphatic heterocycles. The fourth-order valence-corrected chi connectivity index (χ4v) is 1.71. The molecule has 122 valence electrons. The Balaban J connectivity index is 2.48. The summed E-state index contributed by atoms with van der Waals surface area (Å²) in [4.78, 5) is 30.0. The van der Waals surface area contributed by atoms with Crippen molar-refractivity contribution in [3.05, 3.63) is 66.7 Å². The number of nitro groups is 3. The highest BCUT2D eigenvalue weighted by Gasteiger charge is 2.20. The second-order valence-corrected chi connectivity index (χ2v) is 4.32. The van der Waals surface area contributed by atoms with Gasteiger partial charge in [-0.25, -0.2) is 0 Å². The third kappa shape index (κ3) is 3.44. The van der Waals surface area contributed by atoms with Gasteiger partial charge in [-0.2, -0.15) is 0 Å². The van der Waals surface area contributed by atoms with E-state index in [-0.39, 0.29) is 17.1 Å². The summed E-state index contributed by atoms with van der Waals surface area (Å²) in [7, 11) is 0. The second-order valence-electron chi connectivity index (χ2n) is 4.32. The molecule has 0 atom stereocenters. The molecule has 0 heterocycles. The van der Waals surface area contributed by atoms with Crippen molar-refractivity contribution < 1.29 is 19.9 Å². The molecule has 24 heavy (non-hydrogen) atoms. The van der Waals surface area contributed by atoms with Crippen LogP contribution in [0.4, 0.5) is 28.4 Å². The molecule has 0 spiro atoms. The normalized spacial score (nSPS) is 10.7. The van der Waals surface area contributed by atoms with Gasteiger partial charge in [0.05, 0.1) is 26.9 Å². The zero-order valence-electron chi connectivity index (χ0n) is 11.6. The quantitative estimate of drug-likeness (QED) is 0.494. The van der Waals surface area contributed by atoms with Crippen LogP contribution in [0.5, 0.6) is 5.75 Å². The summed E-state index contributed by atoms with van der Waals surface area (Å²) in [5.74, 6) is -0.359. The van der Waals surface area contributed by atoms with Gasteiger partial charge in [0, 0.05) is 6.07 Å². The maximum absolute atomic E-state index is 11.0. The van der Waals surface area contributed by atoms with Gasteiger partial charge < -0.3 is 5.11 Å². The van der Waals surface area contributed by atoms with E-state index in [0.29, 0.717) is 6.07 Å². The molecule has 0 amide bonds. The number of hydrogen-bond acceptors (Lipinski definition) is 9. The smallest absolute Gasteiger partial charge is 0.303 e. The van der Waals surface area contributed by atoms with Gasteiger partial charge >= 0.3 is 5.69 Å². The Labute approximate surface area is 132 Å². The van der Waals surface area contributed by atoms with Crippen molar-refractivity contribution in [3.63, 3.8) is 0 Å². The standard InChI is InChI=1S/C12H7N5O7/c18-8-2-4-10(12(6-8)17(23)24)14-13-9-3-1-7(15(19)20)5-11(9)16(21)22/h1-6,18H. The number of phenols is 1. The molecule has 0 saturated carbocycles. The van der Waals surface area contributed by atoms with E-state index in [9.17, 15) is 35.4 Å². The molecule has 1 N–H and O–H groups in total. The Kier molecular flexibility index (Phi) is 4.40. The van der Waals surface area contributed by atoms with Crippen molar-refractivity contribution in [3.8, 4) is 5.75 Å². The number of phenolic OH excluding ortho intramolecular Hbond substituents is 1. The average molecular weight is 333 g/mol. The number of aromatic hydroxyl groups is 1. The number of nitro benzene ring substituents is 3. The van der Waals surface area contributed by atoms with Crippen molar-refractivity contribution in [2.75, 3.05) is 0 Å². The first kappa shape index (κ1) is 16.4. The van der Waals surface area contributed by atoms with Gasteiger partial charge in [0.1, 0.15) is 5.75 Å². The second kappa shape index (κ2) is 6.43. The monoisotopic (exact) mass is 333 g/mol. The topological polar surface area (TPSA) is 174 Å². The Hall–Kier alpha value is -3.96. The van der Waals surface area contributed by atoms with Gasteiger partial charge in [-0.3, -0.25) is 30.3 Å². The van der Waals surface area contributed by atoms with Crippen molar-refractivity contribution in [2.24, 2.45) is 10.2 Å². The molecule has 12 nitrogen and oxygen atoms in total. The van der Waals surface area contributed by atoms with Crippen LogP contribution in [-0.4, -0.2) is 19.9 Å². The van der Waals surface area contributed by atoms with E-state index in [0.717, 1.165) is 30.3 Å². The van der Waals surface area contributed by atoms with E-state index < -0.39 is 31.8 Å². The Morgan fingerprint density at radius 3 is 1.75 bits per heavy atom. The van der Waals surface area contributed by atoms with E-state index in [1.165, 1.54) is 0 Å². The van der Waals surface area contributed by atoms with Gasteiger partial charge in [-0.05, 0) is 18.2 Å². The molecule has 0 fully saturated rings. The van der Waals surface area contributed by atoms with Gasteiger partial charge in [0.15, 0.2) is 11.4 Å². The van der Waals surface area contributed by atoms with Crippen LogP contribution in [0, 0.1) is 30.3 Å². The number of nitrogens with zero attached hydrogens (tertiary/aromatic N) is 5. The Bertz CT molecular complexity index is 880. The maximum atomic E-state index is 11.0. The van der Waals surface area contributed by atoms with E-state index in [1.807, 2.05) is 0 Å². The third-order valence-electron chi connectivity index (χ3n) is 2.79. The van der Waals surface area contributed by atoms with Crippen molar-refractivity contribution in [1.82, 2.24) is 0 Å². The molecule has 0 bridgehead atoms.